The number of aryl methyl sites for hydroxylation is 1. The minimum Gasteiger partial charge on any atom is -0.497 e. The van der Waals surface area contributed by atoms with Gasteiger partial charge in [0.2, 0.25) is 11.8 Å². The van der Waals surface area contributed by atoms with Gasteiger partial charge < -0.3 is 14.5 Å². The Balaban J connectivity index is 1.63. The molecule has 0 N–H and O–H groups in total. The van der Waals surface area contributed by atoms with Gasteiger partial charge in [0.25, 0.3) is 0 Å². The molecule has 3 heterocycles. The van der Waals surface area contributed by atoms with Crippen LogP contribution >= 0.6 is 0 Å². The van der Waals surface area contributed by atoms with Crippen molar-refractivity contribution in [2.45, 2.75) is 51.2 Å². The van der Waals surface area contributed by atoms with Crippen LogP contribution in [-0.2, 0) is 16.1 Å². The number of carbonyl (C=O) groups excluding carboxylic acids is 2. The summed E-state index contributed by atoms with van der Waals surface area (Å²) in [4.78, 5) is 29.4. The van der Waals surface area contributed by atoms with Gasteiger partial charge in [-0.25, -0.2) is 4.68 Å². The molecular formula is C21H27N5O3. The third kappa shape index (κ3) is 3.71. The van der Waals surface area contributed by atoms with Crippen LogP contribution in [0.2, 0.25) is 0 Å². The second-order valence-electron chi connectivity index (χ2n) is 7.90. The fourth-order valence-electron chi connectivity index (χ4n) is 4.79. The van der Waals surface area contributed by atoms with E-state index in [0.717, 1.165) is 29.8 Å². The van der Waals surface area contributed by atoms with Gasteiger partial charge in [-0.2, -0.15) is 0 Å². The molecule has 0 bridgehead atoms. The Morgan fingerprint density at radius 2 is 1.97 bits per heavy atom. The first-order chi connectivity index (χ1) is 14.0. The summed E-state index contributed by atoms with van der Waals surface area (Å²) in [6.45, 7) is 4.97. The first kappa shape index (κ1) is 19.4. The van der Waals surface area contributed by atoms with Gasteiger partial charge in [0.05, 0.1) is 24.9 Å². The molecule has 0 radical (unpaired) electrons. The van der Waals surface area contributed by atoms with Crippen molar-refractivity contribution in [3.05, 3.63) is 41.7 Å². The molecule has 4 rings (SSSR count). The number of amides is 2. The number of rotatable bonds is 4. The highest BCUT2D eigenvalue weighted by molar-refractivity contribution is 5.78. The smallest absolute Gasteiger partial charge is 0.244 e. The zero-order valence-corrected chi connectivity index (χ0v) is 17.1. The Morgan fingerprint density at radius 3 is 2.59 bits per heavy atom. The SMILES string of the molecule is COc1ccc([C@H]2CN(C(C)=O)[C@@H]3CCCN(C(=O)Cn4cc(C)nn4)[C@H]23)cc1. The molecule has 3 atom stereocenters. The van der Waals surface area contributed by atoms with Crippen LogP contribution in [0, 0.1) is 6.92 Å². The van der Waals surface area contributed by atoms with Gasteiger partial charge in [0.1, 0.15) is 12.3 Å². The number of likely N-dealkylation sites (tertiary alicyclic amines) is 2. The molecule has 2 fully saturated rings. The summed E-state index contributed by atoms with van der Waals surface area (Å²) >= 11 is 0. The lowest BCUT2D eigenvalue weighted by Crippen LogP contribution is -2.54. The highest BCUT2D eigenvalue weighted by Crippen LogP contribution is 2.40. The van der Waals surface area contributed by atoms with E-state index in [2.05, 4.69) is 10.3 Å². The lowest BCUT2D eigenvalue weighted by molar-refractivity contribution is -0.139. The fraction of sp³-hybridized carbons (Fsp3) is 0.524. The van der Waals surface area contributed by atoms with Gasteiger partial charge >= 0.3 is 0 Å². The monoisotopic (exact) mass is 397 g/mol. The van der Waals surface area contributed by atoms with Crippen molar-refractivity contribution >= 4 is 11.8 Å². The van der Waals surface area contributed by atoms with Crippen LogP contribution in [0.4, 0.5) is 0 Å². The number of ether oxygens (including phenoxy) is 1. The molecule has 29 heavy (non-hydrogen) atoms. The summed E-state index contributed by atoms with van der Waals surface area (Å²) in [5.74, 6) is 0.965. The van der Waals surface area contributed by atoms with Crippen molar-refractivity contribution in [1.82, 2.24) is 24.8 Å². The lowest BCUT2D eigenvalue weighted by atomic mass is 9.86. The molecule has 2 saturated heterocycles. The normalized spacial score (nSPS) is 23.8. The highest BCUT2D eigenvalue weighted by atomic mass is 16.5. The van der Waals surface area contributed by atoms with Crippen molar-refractivity contribution in [2.75, 3.05) is 20.2 Å². The number of methoxy groups -OCH3 is 1. The molecule has 2 amide bonds. The summed E-state index contributed by atoms with van der Waals surface area (Å²) < 4.78 is 6.87. The Labute approximate surface area is 170 Å². The predicted molar refractivity (Wildman–Crippen MR) is 106 cm³/mol. The minimum atomic E-state index is -0.0295. The zero-order chi connectivity index (χ0) is 20.5. The molecule has 1 aromatic carbocycles. The van der Waals surface area contributed by atoms with Gasteiger partial charge in [-0.3, -0.25) is 9.59 Å². The molecule has 1 aromatic heterocycles. The van der Waals surface area contributed by atoms with Crippen LogP contribution < -0.4 is 4.74 Å². The van der Waals surface area contributed by atoms with Crippen molar-refractivity contribution in [3.63, 3.8) is 0 Å². The quantitative estimate of drug-likeness (QED) is 0.783. The van der Waals surface area contributed by atoms with Crippen molar-refractivity contribution in [3.8, 4) is 5.75 Å². The van der Waals surface area contributed by atoms with E-state index in [9.17, 15) is 9.59 Å². The topological polar surface area (TPSA) is 80.6 Å². The fourth-order valence-corrected chi connectivity index (χ4v) is 4.79. The molecular weight excluding hydrogens is 370 g/mol. The van der Waals surface area contributed by atoms with Crippen LogP contribution in [0.3, 0.4) is 0 Å². The molecule has 8 heteroatoms. The maximum atomic E-state index is 13.2. The standard InChI is InChI=1S/C21H27N5O3/c1-14-11-24(23-22-14)13-20(28)25-10-4-5-19-21(25)18(12-26(19)15(2)27)16-6-8-17(29-3)9-7-16/h6-9,11,18-19,21H,4-5,10,12-13H2,1-3H3/t18-,19-,21-/m1/s1. The maximum absolute atomic E-state index is 13.2. The number of hydrogen-bond donors (Lipinski definition) is 0. The Hall–Kier alpha value is -2.90. The average molecular weight is 397 g/mol. The molecule has 2 aliphatic rings. The highest BCUT2D eigenvalue weighted by Gasteiger charge is 2.49. The maximum Gasteiger partial charge on any atom is 0.244 e. The summed E-state index contributed by atoms with van der Waals surface area (Å²) in [6, 6.07) is 7.99. The first-order valence-electron chi connectivity index (χ1n) is 10.1. The van der Waals surface area contributed by atoms with Crippen LogP contribution in [0.1, 0.15) is 36.9 Å². The Kier molecular flexibility index (Phi) is 5.25. The number of fused-ring (bicyclic) bond motifs is 1. The van der Waals surface area contributed by atoms with E-state index in [1.165, 1.54) is 0 Å². The second-order valence-corrected chi connectivity index (χ2v) is 7.90. The summed E-state index contributed by atoms with van der Waals surface area (Å²) in [5.41, 5.74) is 1.91. The lowest BCUT2D eigenvalue weighted by Gasteiger charge is -2.41. The van der Waals surface area contributed by atoms with E-state index >= 15 is 0 Å². The molecule has 2 aromatic rings. The molecule has 0 unspecified atom stereocenters. The van der Waals surface area contributed by atoms with E-state index in [4.69, 9.17) is 4.74 Å². The predicted octanol–water partition coefficient (Wildman–Crippen LogP) is 1.60. The molecule has 8 nitrogen and oxygen atoms in total. The van der Waals surface area contributed by atoms with Gasteiger partial charge in [-0.1, -0.05) is 17.3 Å². The minimum absolute atomic E-state index is 0.0218. The molecule has 0 aliphatic carbocycles. The van der Waals surface area contributed by atoms with Gasteiger partial charge in [0.15, 0.2) is 0 Å². The van der Waals surface area contributed by atoms with E-state index in [1.807, 2.05) is 41.0 Å². The van der Waals surface area contributed by atoms with E-state index in [0.29, 0.717) is 13.1 Å². The van der Waals surface area contributed by atoms with Gasteiger partial charge in [0, 0.05) is 32.1 Å². The second kappa shape index (κ2) is 7.85. The van der Waals surface area contributed by atoms with E-state index < -0.39 is 0 Å². The van der Waals surface area contributed by atoms with E-state index in [-0.39, 0.29) is 36.4 Å². The van der Waals surface area contributed by atoms with Crippen molar-refractivity contribution in [1.29, 1.82) is 0 Å². The number of piperidine rings is 1. The number of nitrogens with zero attached hydrogens (tertiary/aromatic N) is 5. The summed E-state index contributed by atoms with van der Waals surface area (Å²) in [7, 11) is 1.64. The van der Waals surface area contributed by atoms with E-state index in [1.54, 1.807) is 24.9 Å². The largest absolute Gasteiger partial charge is 0.497 e. The average Bonchev–Trinajstić information content (AvgIpc) is 3.31. The van der Waals surface area contributed by atoms with Crippen molar-refractivity contribution in [2.24, 2.45) is 0 Å². The first-order valence-corrected chi connectivity index (χ1v) is 10.1. The number of hydrogen-bond acceptors (Lipinski definition) is 5. The summed E-state index contributed by atoms with van der Waals surface area (Å²) in [6.07, 6.45) is 3.59. The third-order valence-corrected chi connectivity index (χ3v) is 6.08. The number of benzene rings is 1. The Morgan fingerprint density at radius 1 is 1.21 bits per heavy atom. The zero-order valence-electron chi connectivity index (χ0n) is 17.1. The molecule has 2 aliphatic heterocycles. The Bertz CT molecular complexity index is 894. The molecule has 0 saturated carbocycles. The van der Waals surface area contributed by atoms with Crippen LogP contribution in [-0.4, -0.2) is 68.9 Å². The molecule has 154 valence electrons. The number of carbonyl (C=O) groups is 2. The van der Waals surface area contributed by atoms with Crippen LogP contribution in [0.15, 0.2) is 30.5 Å². The van der Waals surface area contributed by atoms with Crippen LogP contribution in [0.25, 0.3) is 0 Å². The van der Waals surface area contributed by atoms with Gasteiger partial charge in [-0.15, -0.1) is 5.10 Å². The van der Waals surface area contributed by atoms with Gasteiger partial charge in [-0.05, 0) is 37.5 Å². The number of aromatic nitrogens is 3. The van der Waals surface area contributed by atoms with Crippen molar-refractivity contribution < 1.29 is 14.3 Å². The summed E-state index contributed by atoms with van der Waals surface area (Å²) in [5, 5.41) is 7.99. The van der Waals surface area contributed by atoms with Crippen LogP contribution in [0.5, 0.6) is 5.75 Å². The third-order valence-electron chi connectivity index (χ3n) is 6.08. The molecule has 0 spiro atoms.